The predicted octanol–water partition coefficient (Wildman–Crippen LogP) is 5.73. The van der Waals surface area contributed by atoms with Crippen molar-refractivity contribution in [3.05, 3.63) is 66.4 Å². The molecule has 3 fully saturated rings. The molecule has 228 valence electrons. The van der Waals surface area contributed by atoms with Crippen LogP contribution in [0, 0.1) is 11.8 Å². The summed E-state index contributed by atoms with van der Waals surface area (Å²) in [5, 5.41) is 2.29. The second-order valence-corrected chi connectivity index (χ2v) is 13.4. The molecule has 2 N–H and O–H groups in total. The lowest BCUT2D eigenvalue weighted by Gasteiger charge is -2.27. The zero-order chi connectivity index (χ0) is 30.6. The highest BCUT2D eigenvalue weighted by atomic mass is 16.5. The van der Waals surface area contributed by atoms with Crippen LogP contribution in [0.2, 0.25) is 0 Å². The molecule has 9 rings (SSSR count). The molecule has 3 atom stereocenters. The number of nitrogens with two attached hydrogens (primary N) is 1. The number of benzene rings is 2. The minimum Gasteiger partial charge on any atom is -0.494 e. The molecular formula is C36H37N7O2. The van der Waals surface area contributed by atoms with Crippen LogP contribution in [0.1, 0.15) is 36.0 Å². The van der Waals surface area contributed by atoms with E-state index in [1.54, 1.807) is 7.11 Å². The van der Waals surface area contributed by atoms with Crippen LogP contribution in [0.25, 0.3) is 55.7 Å². The smallest absolute Gasteiger partial charge is 0.254 e. The van der Waals surface area contributed by atoms with E-state index in [9.17, 15) is 4.79 Å². The number of hydrogen-bond acceptors (Lipinski definition) is 5. The van der Waals surface area contributed by atoms with E-state index in [2.05, 4.69) is 69.4 Å². The molecule has 0 radical (unpaired) electrons. The molecule has 1 amide bonds. The summed E-state index contributed by atoms with van der Waals surface area (Å²) < 4.78 is 12.5. The summed E-state index contributed by atoms with van der Waals surface area (Å²) in [6.45, 7) is 1.63. The summed E-state index contributed by atoms with van der Waals surface area (Å²) in [7, 11) is 5.76. The number of fused-ring (bicyclic) bond motifs is 5. The lowest BCUT2D eigenvalue weighted by molar-refractivity contribution is 0.0700. The van der Waals surface area contributed by atoms with Crippen LogP contribution < -0.4 is 10.5 Å². The third-order valence-corrected chi connectivity index (χ3v) is 10.6. The largest absolute Gasteiger partial charge is 0.494 e. The van der Waals surface area contributed by atoms with Crippen LogP contribution in [0.4, 0.5) is 0 Å². The predicted molar refractivity (Wildman–Crippen MR) is 176 cm³/mol. The van der Waals surface area contributed by atoms with Gasteiger partial charge in [-0.1, -0.05) is 6.07 Å². The highest BCUT2D eigenvalue weighted by molar-refractivity contribution is 6.00. The maximum Gasteiger partial charge on any atom is 0.254 e. The van der Waals surface area contributed by atoms with Gasteiger partial charge >= 0.3 is 0 Å². The maximum atomic E-state index is 13.7. The fourth-order valence-electron chi connectivity index (χ4n) is 7.92. The summed E-state index contributed by atoms with van der Waals surface area (Å²) >= 11 is 0. The van der Waals surface area contributed by atoms with Gasteiger partial charge in [0.15, 0.2) is 5.82 Å². The summed E-state index contributed by atoms with van der Waals surface area (Å²) in [5.41, 5.74) is 13.9. The van der Waals surface area contributed by atoms with Gasteiger partial charge in [-0.15, -0.1) is 0 Å². The Morgan fingerprint density at radius 1 is 0.978 bits per heavy atom. The van der Waals surface area contributed by atoms with E-state index in [-0.39, 0.29) is 18.0 Å². The molecule has 5 heterocycles. The number of aromatic nitrogens is 5. The summed E-state index contributed by atoms with van der Waals surface area (Å²) in [5.74, 6) is 2.53. The van der Waals surface area contributed by atoms with Gasteiger partial charge in [-0.25, -0.2) is 9.97 Å². The molecule has 45 heavy (non-hydrogen) atoms. The second kappa shape index (κ2) is 9.68. The molecule has 2 saturated carbocycles. The van der Waals surface area contributed by atoms with Crippen LogP contribution in [0.5, 0.6) is 5.75 Å². The standard InChI is InChI=1S/C36H37N7O2/c1-40-13-12-22-14-21(7-10-28(22)40)26-9-6-23-16-30(42(34(23)38-26)18-20-4-5-20)35-39-27-15-25(17-31(45-3)33(27)41(35)2)36(44)43-19-24-8-11-29(43)32(24)37/h6-7,9-10,12-17,20,24,29,32H,4-5,8,11,18-19,37H2,1-3H3/t24?,29?,32-/m1/s1. The number of piperidine rings is 1. The van der Waals surface area contributed by atoms with E-state index in [1.807, 2.05) is 24.1 Å². The quantitative estimate of drug-likeness (QED) is 0.264. The minimum absolute atomic E-state index is 0.0123. The fourth-order valence-corrected chi connectivity index (χ4v) is 7.92. The molecule has 3 aliphatic rings. The first kappa shape index (κ1) is 26.7. The van der Waals surface area contributed by atoms with Crippen molar-refractivity contribution in [2.45, 2.75) is 44.3 Å². The van der Waals surface area contributed by atoms with Crippen molar-refractivity contribution < 1.29 is 9.53 Å². The first-order chi connectivity index (χ1) is 21.9. The van der Waals surface area contributed by atoms with Crippen LogP contribution in [0.15, 0.2) is 60.8 Å². The first-order valence-corrected chi connectivity index (χ1v) is 16.0. The number of nitrogens with zero attached hydrogens (tertiary/aromatic N) is 6. The molecule has 4 aromatic heterocycles. The van der Waals surface area contributed by atoms with Crippen molar-refractivity contribution in [2.75, 3.05) is 13.7 Å². The van der Waals surface area contributed by atoms with Crippen LogP contribution in [-0.4, -0.2) is 60.2 Å². The Morgan fingerprint density at radius 3 is 2.60 bits per heavy atom. The monoisotopic (exact) mass is 599 g/mol. The topological polar surface area (TPSA) is 96.1 Å². The third kappa shape index (κ3) is 4.06. The number of ether oxygens (including phenoxy) is 1. The van der Waals surface area contributed by atoms with Crippen LogP contribution in [-0.2, 0) is 20.6 Å². The van der Waals surface area contributed by atoms with Gasteiger partial charge in [0.2, 0.25) is 0 Å². The molecule has 2 aromatic carbocycles. The molecular weight excluding hydrogens is 562 g/mol. The third-order valence-electron chi connectivity index (χ3n) is 10.6. The number of rotatable bonds is 6. The first-order valence-electron chi connectivity index (χ1n) is 16.0. The van der Waals surface area contributed by atoms with E-state index in [0.29, 0.717) is 23.1 Å². The normalized spacial score (nSPS) is 21.2. The SMILES string of the molecule is COc1cc(C(=O)N2CC3CCC2[C@@H]3N)cc2nc(-c3cc4ccc(-c5ccc6c(ccn6C)c5)nc4n3CC3CC3)n(C)c12. The molecule has 2 unspecified atom stereocenters. The summed E-state index contributed by atoms with van der Waals surface area (Å²) in [6, 6.07) is 19.2. The summed E-state index contributed by atoms with van der Waals surface area (Å²) in [4.78, 5) is 26.1. The van der Waals surface area contributed by atoms with Gasteiger partial charge < -0.3 is 29.1 Å². The number of carbonyl (C=O) groups is 1. The van der Waals surface area contributed by atoms with Gasteiger partial charge in [0.05, 0.1) is 24.0 Å². The van der Waals surface area contributed by atoms with E-state index in [1.165, 1.54) is 23.7 Å². The van der Waals surface area contributed by atoms with E-state index in [0.717, 1.165) is 70.8 Å². The second-order valence-electron chi connectivity index (χ2n) is 13.4. The zero-order valence-electron chi connectivity index (χ0n) is 25.9. The number of methoxy groups -OCH3 is 1. The average Bonchev–Trinajstić information content (AvgIpc) is 3.26. The molecule has 9 nitrogen and oxygen atoms in total. The average molecular weight is 600 g/mol. The van der Waals surface area contributed by atoms with Crippen molar-refractivity contribution in [1.29, 1.82) is 0 Å². The Hall–Kier alpha value is -4.63. The zero-order valence-corrected chi connectivity index (χ0v) is 25.9. The summed E-state index contributed by atoms with van der Waals surface area (Å²) in [6.07, 6.45) is 6.64. The number of hydrogen-bond donors (Lipinski definition) is 1. The highest BCUT2D eigenvalue weighted by Gasteiger charge is 2.47. The van der Waals surface area contributed by atoms with E-state index >= 15 is 0 Å². The van der Waals surface area contributed by atoms with Crippen LogP contribution >= 0.6 is 0 Å². The van der Waals surface area contributed by atoms with Crippen molar-refractivity contribution in [3.63, 3.8) is 0 Å². The number of pyridine rings is 1. The Labute approximate surface area is 261 Å². The van der Waals surface area contributed by atoms with Gasteiger partial charge in [0.1, 0.15) is 16.9 Å². The Bertz CT molecular complexity index is 2170. The minimum atomic E-state index is 0.0123. The van der Waals surface area contributed by atoms with Crippen molar-refractivity contribution in [3.8, 4) is 28.5 Å². The van der Waals surface area contributed by atoms with E-state index in [4.69, 9.17) is 20.4 Å². The number of carbonyl (C=O) groups excluding carboxylic acids is 1. The Balaban J connectivity index is 1.15. The fraction of sp³-hybridized carbons (Fsp3) is 0.361. The molecule has 9 heteroatoms. The van der Waals surface area contributed by atoms with Gasteiger partial charge in [-0.3, -0.25) is 4.79 Å². The highest BCUT2D eigenvalue weighted by Crippen LogP contribution is 2.40. The molecule has 6 aromatic rings. The van der Waals surface area contributed by atoms with Gasteiger partial charge in [-0.05, 0) is 86.1 Å². The van der Waals surface area contributed by atoms with Gasteiger partial charge in [0, 0.05) is 72.9 Å². The molecule has 2 aliphatic carbocycles. The number of aryl methyl sites for hydroxylation is 2. The Morgan fingerprint density at radius 2 is 1.84 bits per heavy atom. The molecule has 1 aliphatic heterocycles. The number of imidazole rings is 1. The molecule has 2 bridgehead atoms. The number of likely N-dealkylation sites (tertiary alicyclic amines) is 1. The van der Waals surface area contributed by atoms with Gasteiger partial charge in [0.25, 0.3) is 5.91 Å². The Kier molecular flexibility index (Phi) is 5.75. The number of amides is 1. The van der Waals surface area contributed by atoms with Crippen molar-refractivity contribution in [1.82, 2.24) is 28.6 Å². The molecule has 0 spiro atoms. The van der Waals surface area contributed by atoms with Gasteiger partial charge in [-0.2, -0.15) is 0 Å². The molecule has 1 saturated heterocycles. The maximum absolute atomic E-state index is 13.7. The van der Waals surface area contributed by atoms with Crippen LogP contribution in [0.3, 0.4) is 0 Å². The van der Waals surface area contributed by atoms with Crippen molar-refractivity contribution >= 4 is 38.9 Å². The van der Waals surface area contributed by atoms with E-state index < -0.39 is 0 Å². The van der Waals surface area contributed by atoms with Crippen molar-refractivity contribution in [2.24, 2.45) is 31.7 Å². The lowest BCUT2D eigenvalue weighted by atomic mass is 10.1. The lowest BCUT2D eigenvalue weighted by Crippen LogP contribution is -2.41.